The van der Waals surface area contributed by atoms with E-state index in [9.17, 15) is 0 Å². The van der Waals surface area contributed by atoms with Crippen molar-refractivity contribution in [2.75, 3.05) is 14.6 Å². The molecule has 4 heterocycles. The maximum atomic E-state index is 2.66. The average molecular weight is 824 g/mol. The Balaban J connectivity index is 1.15. The lowest BCUT2D eigenvalue weighted by molar-refractivity contribution is 1.25. The van der Waals surface area contributed by atoms with E-state index in [1.807, 2.05) is 0 Å². The minimum absolute atomic E-state index is 0.0250. The van der Waals surface area contributed by atoms with Gasteiger partial charge in [0.15, 0.2) is 0 Å². The fraction of sp³-hybridized carbons (Fsp3) is 0. The molecule has 0 saturated heterocycles. The van der Waals surface area contributed by atoms with Crippen molar-refractivity contribution >= 4 is 86.4 Å². The lowest BCUT2D eigenvalue weighted by atomic mass is 9.31. The van der Waals surface area contributed by atoms with Gasteiger partial charge in [-0.05, 0) is 121 Å². The topological polar surface area (TPSA) is 9.72 Å². The molecule has 0 N–H and O–H groups in total. The van der Waals surface area contributed by atoms with Crippen molar-refractivity contribution < 1.29 is 0 Å². The van der Waals surface area contributed by atoms with E-state index >= 15 is 0 Å². The van der Waals surface area contributed by atoms with Crippen molar-refractivity contribution in [2.45, 2.75) is 0 Å². The van der Waals surface area contributed by atoms with Gasteiger partial charge in [-0.1, -0.05) is 182 Å². The van der Waals surface area contributed by atoms with Crippen molar-refractivity contribution in [3.8, 4) is 44.5 Å². The Morgan fingerprint density at radius 3 is 1.28 bits per heavy atom. The number of para-hydroxylation sites is 3. The summed E-state index contributed by atoms with van der Waals surface area (Å²) in [6.45, 7) is -0.117. The molecule has 0 aliphatic carbocycles. The van der Waals surface area contributed by atoms with Crippen LogP contribution in [0.25, 0.3) is 44.5 Å². The fourth-order valence-corrected chi connectivity index (χ4v) is 11.4. The molecule has 3 nitrogen and oxygen atoms in total. The number of fused-ring (bicyclic) bond motifs is 10. The minimum atomic E-state index is -0.0924. The predicted molar refractivity (Wildman–Crippen MR) is 276 cm³/mol. The molecule has 0 atom stereocenters. The predicted octanol–water partition coefficient (Wildman–Crippen LogP) is 12.0. The van der Waals surface area contributed by atoms with E-state index in [0.717, 1.165) is 5.69 Å². The SMILES string of the molecule is c1ccc(-c2ccc3c(c2)N(c2ccccc2)c2cc4c5c6c2B3c2ccc(-c3ccccc3)cc2N6c2cc(-c3ccccc3)ccc2B5N(c2ccccc2)c2ccccc2-4)cc1. The molecule has 14 rings (SSSR count). The van der Waals surface area contributed by atoms with Gasteiger partial charge in [-0.25, -0.2) is 0 Å². The number of hydrogen-bond acceptors (Lipinski definition) is 3. The van der Waals surface area contributed by atoms with E-state index in [1.165, 1.54) is 112 Å². The molecule has 0 bridgehead atoms. The van der Waals surface area contributed by atoms with Crippen LogP contribution in [0.2, 0.25) is 0 Å². The molecule has 0 radical (unpaired) electrons. The summed E-state index contributed by atoms with van der Waals surface area (Å²) in [6.07, 6.45) is 0. The van der Waals surface area contributed by atoms with Crippen LogP contribution >= 0.6 is 0 Å². The van der Waals surface area contributed by atoms with Crippen molar-refractivity contribution in [2.24, 2.45) is 0 Å². The molecule has 65 heavy (non-hydrogen) atoms. The zero-order valence-electron chi connectivity index (χ0n) is 35.5. The average Bonchev–Trinajstić information content (AvgIpc) is 3.39. The van der Waals surface area contributed by atoms with E-state index in [2.05, 4.69) is 251 Å². The molecular formula is C60H39B2N3. The lowest BCUT2D eigenvalue weighted by Gasteiger charge is -2.51. The second kappa shape index (κ2) is 14.1. The molecule has 10 aromatic rings. The number of nitrogens with zero attached hydrogens (tertiary/aromatic N) is 3. The van der Waals surface area contributed by atoms with E-state index in [-0.39, 0.29) is 13.6 Å². The molecule has 0 aromatic heterocycles. The van der Waals surface area contributed by atoms with E-state index < -0.39 is 0 Å². The van der Waals surface area contributed by atoms with Crippen LogP contribution in [0.3, 0.4) is 0 Å². The molecular weight excluding hydrogens is 784 g/mol. The van der Waals surface area contributed by atoms with Gasteiger partial charge in [-0.15, -0.1) is 0 Å². The molecule has 0 spiro atoms. The first kappa shape index (κ1) is 36.2. The van der Waals surface area contributed by atoms with Crippen LogP contribution in [0.1, 0.15) is 0 Å². The van der Waals surface area contributed by atoms with Gasteiger partial charge in [0, 0.05) is 51.1 Å². The normalized spacial score (nSPS) is 13.4. The van der Waals surface area contributed by atoms with Gasteiger partial charge in [0.05, 0.1) is 0 Å². The molecule has 5 heteroatoms. The molecule has 4 aliphatic heterocycles. The highest BCUT2D eigenvalue weighted by atomic mass is 15.2. The highest BCUT2D eigenvalue weighted by molar-refractivity contribution is 7.02. The number of rotatable bonds is 5. The summed E-state index contributed by atoms with van der Waals surface area (Å²) < 4.78 is 0. The lowest BCUT2D eigenvalue weighted by Crippen LogP contribution is -2.68. The second-order valence-electron chi connectivity index (χ2n) is 17.6. The monoisotopic (exact) mass is 823 g/mol. The molecule has 0 saturated carbocycles. The first-order valence-corrected chi connectivity index (χ1v) is 22.7. The summed E-state index contributed by atoms with van der Waals surface area (Å²) >= 11 is 0. The standard InChI is InChI=1S/C60H39B2N3/c1-6-18-40(19-7-1)43-30-33-50-54(36-43)63(46-24-12-4-13-25-46)57-39-49-48-28-16-17-29-53(48)65(47-26-14-5-15-27-47)62-52-35-32-45(42-22-10-3-11-23-42)38-56(52)64-55-37-44(41-20-8-2-9-21-41)31-34-51(55)61(50)59(57)60(64)58(49)62/h1-39H. The fourth-order valence-electron chi connectivity index (χ4n) is 11.4. The van der Waals surface area contributed by atoms with E-state index in [0.29, 0.717) is 0 Å². The molecule has 0 fully saturated rings. The largest absolute Gasteiger partial charge is 0.376 e. The van der Waals surface area contributed by atoms with Gasteiger partial charge in [0.25, 0.3) is 6.71 Å². The number of anilines is 8. The van der Waals surface area contributed by atoms with Gasteiger partial charge in [0.1, 0.15) is 0 Å². The highest BCUT2D eigenvalue weighted by Gasteiger charge is 2.52. The van der Waals surface area contributed by atoms with Gasteiger partial charge < -0.3 is 14.6 Å². The summed E-state index contributed by atoms with van der Waals surface area (Å²) in [4.78, 5) is 7.84. The molecule has 0 amide bonds. The summed E-state index contributed by atoms with van der Waals surface area (Å²) in [6, 6.07) is 87.9. The Morgan fingerprint density at radius 1 is 0.277 bits per heavy atom. The van der Waals surface area contributed by atoms with E-state index in [1.54, 1.807) is 0 Å². The zero-order chi connectivity index (χ0) is 42.6. The second-order valence-corrected chi connectivity index (χ2v) is 17.6. The molecule has 0 unspecified atom stereocenters. The third-order valence-corrected chi connectivity index (χ3v) is 14.2. The van der Waals surface area contributed by atoms with Crippen LogP contribution in [0.15, 0.2) is 237 Å². The van der Waals surface area contributed by atoms with Crippen molar-refractivity contribution in [3.05, 3.63) is 237 Å². The van der Waals surface area contributed by atoms with Crippen molar-refractivity contribution in [1.29, 1.82) is 0 Å². The zero-order valence-corrected chi connectivity index (χ0v) is 35.5. The van der Waals surface area contributed by atoms with Crippen LogP contribution in [0.4, 0.5) is 45.5 Å². The Morgan fingerprint density at radius 2 is 0.723 bits per heavy atom. The third kappa shape index (κ3) is 5.33. The van der Waals surface area contributed by atoms with Gasteiger partial charge in [0.2, 0.25) is 0 Å². The van der Waals surface area contributed by atoms with Crippen molar-refractivity contribution in [1.82, 2.24) is 0 Å². The maximum Gasteiger partial charge on any atom is 0.333 e. The van der Waals surface area contributed by atoms with Crippen LogP contribution in [0, 0.1) is 0 Å². The Kier molecular flexibility index (Phi) is 7.87. The first-order chi connectivity index (χ1) is 32.3. The molecule has 4 aliphatic rings. The summed E-state index contributed by atoms with van der Waals surface area (Å²) in [7, 11) is 0. The molecule has 10 aromatic carbocycles. The smallest absolute Gasteiger partial charge is 0.333 e. The van der Waals surface area contributed by atoms with Crippen LogP contribution in [-0.2, 0) is 0 Å². The maximum absolute atomic E-state index is 2.66. The Hall–Kier alpha value is -8.27. The highest BCUT2D eigenvalue weighted by Crippen LogP contribution is 2.51. The minimum Gasteiger partial charge on any atom is -0.376 e. The van der Waals surface area contributed by atoms with Gasteiger partial charge >= 0.3 is 6.85 Å². The van der Waals surface area contributed by atoms with Crippen LogP contribution < -0.4 is 41.9 Å². The number of hydrogen-bond donors (Lipinski definition) is 0. The van der Waals surface area contributed by atoms with Gasteiger partial charge in [-0.3, -0.25) is 0 Å². The summed E-state index contributed by atoms with van der Waals surface area (Å²) in [5, 5.41) is 0. The van der Waals surface area contributed by atoms with Crippen LogP contribution in [0.5, 0.6) is 0 Å². The van der Waals surface area contributed by atoms with E-state index in [4.69, 9.17) is 0 Å². The van der Waals surface area contributed by atoms with Crippen molar-refractivity contribution in [3.63, 3.8) is 0 Å². The van der Waals surface area contributed by atoms with Gasteiger partial charge in [-0.2, -0.15) is 0 Å². The molecule has 300 valence electrons. The first-order valence-electron chi connectivity index (χ1n) is 22.7. The Bertz CT molecular complexity index is 3510. The number of benzene rings is 10. The summed E-state index contributed by atoms with van der Waals surface area (Å²) in [5.74, 6) is 0. The summed E-state index contributed by atoms with van der Waals surface area (Å²) in [5.41, 5.74) is 26.1. The quantitative estimate of drug-likeness (QED) is 0.160. The van der Waals surface area contributed by atoms with Crippen LogP contribution in [-0.4, -0.2) is 13.6 Å². The Labute approximate surface area is 380 Å². The third-order valence-electron chi connectivity index (χ3n) is 14.2.